The van der Waals surface area contributed by atoms with Crippen LogP contribution in [-0.2, 0) is 21.2 Å². The van der Waals surface area contributed by atoms with Crippen LogP contribution in [-0.4, -0.2) is 42.7 Å². The first kappa shape index (κ1) is 20.0. The van der Waals surface area contributed by atoms with Gasteiger partial charge in [0.1, 0.15) is 6.04 Å². The van der Waals surface area contributed by atoms with Gasteiger partial charge in [0.2, 0.25) is 15.9 Å². The molecule has 0 spiro atoms. The summed E-state index contributed by atoms with van der Waals surface area (Å²) in [6, 6.07) is 8.11. The SMILES string of the molecule is CNS(=O)(=O)c1ccc2c(c1)CCN2C(=O)C(C)n1c(-c2cccs2)n[nH]c1=S. The van der Waals surface area contributed by atoms with Crippen LogP contribution in [0.5, 0.6) is 0 Å². The van der Waals surface area contributed by atoms with Crippen molar-refractivity contribution in [3.05, 3.63) is 46.0 Å². The summed E-state index contributed by atoms with van der Waals surface area (Å²) in [5, 5.41) is 9.01. The van der Waals surface area contributed by atoms with Crippen molar-refractivity contribution in [3.63, 3.8) is 0 Å². The van der Waals surface area contributed by atoms with Crippen LogP contribution < -0.4 is 9.62 Å². The molecule has 29 heavy (non-hydrogen) atoms. The van der Waals surface area contributed by atoms with Gasteiger partial charge in [0.25, 0.3) is 0 Å². The second-order valence-electron chi connectivity index (χ2n) is 6.61. The molecule has 3 aromatic rings. The second kappa shape index (κ2) is 7.48. The van der Waals surface area contributed by atoms with Crippen molar-refractivity contribution in [1.29, 1.82) is 0 Å². The summed E-state index contributed by atoms with van der Waals surface area (Å²) in [5.41, 5.74) is 1.56. The topological polar surface area (TPSA) is 100 Å². The third-order valence-corrected chi connectivity index (χ3v) is 7.55. The van der Waals surface area contributed by atoms with Gasteiger partial charge in [-0.2, -0.15) is 5.10 Å². The lowest BCUT2D eigenvalue weighted by molar-refractivity contribution is -0.121. The Bertz CT molecular complexity index is 1230. The van der Waals surface area contributed by atoms with Crippen molar-refractivity contribution < 1.29 is 13.2 Å². The highest BCUT2D eigenvalue weighted by atomic mass is 32.2. The smallest absolute Gasteiger partial charge is 0.249 e. The Labute approximate surface area is 177 Å². The Morgan fingerprint density at radius 1 is 1.38 bits per heavy atom. The van der Waals surface area contributed by atoms with E-state index in [0.717, 1.165) is 16.1 Å². The highest BCUT2D eigenvalue weighted by molar-refractivity contribution is 7.89. The number of nitrogens with one attached hydrogen (secondary N) is 2. The quantitative estimate of drug-likeness (QED) is 0.584. The molecular formula is C18H19N5O3S3. The third kappa shape index (κ3) is 3.44. The van der Waals surface area contributed by atoms with Gasteiger partial charge in [-0.1, -0.05) is 6.07 Å². The molecule has 152 valence electrons. The molecule has 2 N–H and O–H groups in total. The summed E-state index contributed by atoms with van der Waals surface area (Å²) in [4.78, 5) is 16.1. The zero-order chi connectivity index (χ0) is 20.8. The average molecular weight is 450 g/mol. The molecule has 2 aromatic heterocycles. The molecule has 1 aromatic carbocycles. The van der Waals surface area contributed by atoms with Crippen molar-refractivity contribution in [1.82, 2.24) is 19.5 Å². The third-order valence-electron chi connectivity index (χ3n) is 4.98. The number of H-pyrrole nitrogens is 1. The number of anilines is 1. The summed E-state index contributed by atoms with van der Waals surface area (Å²) in [5.74, 6) is 0.504. The molecule has 0 saturated heterocycles. The monoisotopic (exact) mass is 449 g/mol. The fourth-order valence-corrected chi connectivity index (χ4v) is 5.25. The molecule has 1 unspecified atom stereocenters. The predicted molar refractivity (Wildman–Crippen MR) is 114 cm³/mol. The van der Waals surface area contributed by atoms with Gasteiger partial charge in [-0.3, -0.25) is 14.5 Å². The second-order valence-corrected chi connectivity index (χ2v) is 9.83. The summed E-state index contributed by atoms with van der Waals surface area (Å²) >= 11 is 6.89. The Morgan fingerprint density at radius 3 is 2.86 bits per heavy atom. The number of carbonyl (C=O) groups excluding carboxylic acids is 1. The summed E-state index contributed by atoms with van der Waals surface area (Å²) in [7, 11) is -2.15. The minimum absolute atomic E-state index is 0.122. The molecule has 3 heterocycles. The molecule has 1 atom stereocenters. The average Bonchev–Trinajstić information content (AvgIpc) is 3.45. The lowest BCUT2D eigenvalue weighted by Gasteiger charge is -2.23. The van der Waals surface area contributed by atoms with E-state index in [0.29, 0.717) is 23.6 Å². The molecule has 11 heteroatoms. The largest absolute Gasteiger partial charge is 0.310 e. The zero-order valence-electron chi connectivity index (χ0n) is 15.7. The molecule has 8 nitrogen and oxygen atoms in total. The molecule has 1 amide bonds. The number of rotatable bonds is 5. The van der Waals surface area contributed by atoms with Gasteiger partial charge in [-0.15, -0.1) is 11.3 Å². The van der Waals surface area contributed by atoms with Crippen molar-refractivity contribution in [2.45, 2.75) is 24.3 Å². The molecule has 4 rings (SSSR count). The number of amides is 1. The lowest BCUT2D eigenvalue weighted by atomic mass is 10.2. The van der Waals surface area contributed by atoms with Crippen molar-refractivity contribution in [3.8, 4) is 10.7 Å². The minimum atomic E-state index is -3.53. The van der Waals surface area contributed by atoms with Gasteiger partial charge < -0.3 is 4.90 Å². The van der Waals surface area contributed by atoms with Crippen LogP contribution in [0, 0.1) is 4.77 Å². The number of sulfonamides is 1. The number of carbonyl (C=O) groups is 1. The number of fused-ring (bicyclic) bond motifs is 1. The fraction of sp³-hybridized carbons (Fsp3) is 0.278. The van der Waals surface area contributed by atoms with E-state index in [1.807, 2.05) is 17.5 Å². The lowest BCUT2D eigenvalue weighted by Crippen LogP contribution is -2.35. The van der Waals surface area contributed by atoms with Crippen LogP contribution in [0.4, 0.5) is 5.69 Å². The normalized spacial score (nSPS) is 14.8. The number of aromatic nitrogens is 3. The van der Waals surface area contributed by atoms with E-state index in [9.17, 15) is 13.2 Å². The summed E-state index contributed by atoms with van der Waals surface area (Å²) in [6.45, 7) is 2.28. The molecule has 0 saturated carbocycles. The first-order valence-corrected chi connectivity index (χ1v) is 11.7. The Kier molecular flexibility index (Phi) is 5.15. The summed E-state index contributed by atoms with van der Waals surface area (Å²) in [6.07, 6.45) is 0.593. The van der Waals surface area contributed by atoms with Crippen LogP contribution >= 0.6 is 23.6 Å². The van der Waals surface area contributed by atoms with Gasteiger partial charge >= 0.3 is 0 Å². The zero-order valence-corrected chi connectivity index (χ0v) is 18.2. The first-order chi connectivity index (χ1) is 13.8. The van der Waals surface area contributed by atoms with Crippen molar-refractivity contribution in [2.75, 3.05) is 18.5 Å². The van der Waals surface area contributed by atoms with E-state index in [2.05, 4.69) is 14.9 Å². The van der Waals surface area contributed by atoms with Crippen LogP contribution in [0.3, 0.4) is 0 Å². The number of thiophene rings is 1. The Balaban J connectivity index is 1.67. The number of hydrogen-bond acceptors (Lipinski definition) is 6. The highest BCUT2D eigenvalue weighted by Gasteiger charge is 2.31. The number of aromatic amines is 1. The van der Waals surface area contributed by atoms with E-state index in [4.69, 9.17) is 12.2 Å². The van der Waals surface area contributed by atoms with Crippen LogP contribution in [0.2, 0.25) is 0 Å². The van der Waals surface area contributed by atoms with Crippen LogP contribution in [0.1, 0.15) is 18.5 Å². The maximum absolute atomic E-state index is 13.3. The molecular weight excluding hydrogens is 430 g/mol. The van der Waals surface area contributed by atoms with Gasteiger partial charge in [-0.05, 0) is 67.8 Å². The summed E-state index contributed by atoms with van der Waals surface area (Å²) < 4.78 is 28.5. The maximum atomic E-state index is 13.3. The van der Waals surface area contributed by atoms with Crippen molar-refractivity contribution in [2.24, 2.45) is 0 Å². The van der Waals surface area contributed by atoms with Crippen LogP contribution in [0.15, 0.2) is 40.6 Å². The molecule has 1 aliphatic heterocycles. The minimum Gasteiger partial charge on any atom is -0.310 e. The van der Waals surface area contributed by atoms with Gasteiger partial charge in [0.05, 0.1) is 9.77 Å². The Morgan fingerprint density at radius 2 is 2.17 bits per heavy atom. The highest BCUT2D eigenvalue weighted by Crippen LogP contribution is 2.33. The van der Waals surface area contributed by atoms with E-state index >= 15 is 0 Å². The maximum Gasteiger partial charge on any atom is 0.249 e. The van der Waals surface area contributed by atoms with E-state index in [-0.39, 0.29) is 10.8 Å². The van der Waals surface area contributed by atoms with Gasteiger partial charge in [0.15, 0.2) is 10.6 Å². The van der Waals surface area contributed by atoms with E-state index in [1.54, 1.807) is 28.5 Å². The molecule has 0 radical (unpaired) electrons. The van der Waals surface area contributed by atoms with E-state index < -0.39 is 16.1 Å². The van der Waals surface area contributed by atoms with Gasteiger partial charge in [0, 0.05) is 12.2 Å². The number of hydrogen-bond donors (Lipinski definition) is 2. The van der Waals surface area contributed by atoms with Crippen molar-refractivity contribution >= 4 is 45.2 Å². The first-order valence-electron chi connectivity index (χ1n) is 8.92. The molecule has 0 bridgehead atoms. The number of nitrogens with zero attached hydrogens (tertiary/aromatic N) is 3. The van der Waals surface area contributed by atoms with E-state index in [1.165, 1.54) is 24.5 Å². The predicted octanol–water partition coefficient (Wildman–Crippen LogP) is 2.73. The molecule has 0 aliphatic carbocycles. The number of benzene rings is 1. The fourth-order valence-electron chi connectivity index (χ4n) is 3.47. The standard InChI is InChI=1S/C18H19N5O3S3/c1-11(23-16(20-21-18(23)27)15-4-3-9-28-15)17(24)22-8-7-12-10-13(5-6-14(12)22)29(25,26)19-2/h3-6,9-11,19H,7-8H2,1-2H3,(H,21,27). The molecule has 0 fully saturated rings. The Hall–Kier alpha value is -2.34. The van der Waals surface area contributed by atoms with Gasteiger partial charge in [-0.25, -0.2) is 13.1 Å². The van der Waals surface area contributed by atoms with Crippen LogP contribution in [0.25, 0.3) is 10.7 Å². The molecule has 1 aliphatic rings.